The summed E-state index contributed by atoms with van der Waals surface area (Å²) < 4.78 is 6.20. The molecule has 1 amide bonds. The van der Waals surface area contributed by atoms with Crippen LogP contribution in [0, 0.1) is 12.3 Å². The van der Waals surface area contributed by atoms with Crippen LogP contribution in [0.5, 0.6) is 5.75 Å². The lowest BCUT2D eigenvalue weighted by Gasteiger charge is -2.30. The van der Waals surface area contributed by atoms with Gasteiger partial charge in [-0.15, -0.1) is 5.90 Å². The van der Waals surface area contributed by atoms with E-state index in [1.165, 1.54) is 11.0 Å². The van der Waals surface area contributed by atoms with Crippen molar-refractivity contribution in [3.05, 3.63) is 58.1 Å². The van der Waals surface area contributed by atoms with Gasteiger partial charge in [0.15, 0.2) is 11.4 Å². The molecule has 180 valence electrons. The molecule has 0 saturated heterocycles. The number of hydrogen-bond donors (Lipinski definition) is 5. The van der Waals surface area contributed by atoms with Gasteiger partial charge in [0, 0.05) is 18.6 Å². The second kappa shape index (κ2) is 10.2. The number of nitrogens with zero attached hydrogens (tertiary/aromatic N) is 2. The number of nitrogens with two attached hydrogens (primary N) is 1. The maximum Gasteiger partial charge on any atom is 0.386 e. The molecule has 1 aromatic heterocycles. The number of halogens is 1. The third-order valence-corrected chi connectivity index (χ3v) is 5.47. The highest BCUT2D eigenvalue weighted by Gasteiger charge is 2.33. The van der Waals surface area contributed by atoms with Gasteiger partial charge < -0.3 is 24.9 Å². The smallest absolute Gasteiger partial charge is 0.386 e. The second-order valence-electron chi connectivity index (χ2n) is 8.74. The molecule has 2 aromatic rings. The molecule has 0 fully saturated rings. The van der Waals surface area contributed by atoms with Crippen molar-refractivity contribution in [3.63, 3.8) is 0 Å². The first-order chi connectivity index (χ1) is 15.3. The molecule has 1 heterocycles. The Hall–Kier alpha value is -3.18. The SMILES string of the molecule is C=C(N[C@@H](c1ccc(C)o1)C(C)(C)C)/C(Nc1ccc(Br)c(C(=O)N(C)C)c1O)=[N+](/O)ON. The first-order valence-electron chi connectivity index (χ1n) is 10.0. The summed E-state index contributed by atoms with van der Waals surface area (Å²) >= 11 is 3.28. The fourth-order valence-electron chi connectivity index (χ4n) is 3.08. The van der Waals surface area contributed by atoms with Gasteiger partial charge in [0.2, 0.25) is 0 Å². The summed E-state index contributed by atoms with van der Waals surface area (Å²) in [5, 5.41) is 27.1. The van der Waals surface area contributed by atoms with E-state index in [2.05, 4.69) is 38.1 Å². The Labute approximate surface area is 201 Å². The molecule has 33 heavy (non-hydrogen) atoms. The Bertz CT molecular complexity index is 1070. The van der Waals surface area contributed by atoms with Crippen LogP contribution < -0.4 is 16.5 Å². The molecule has 0 bridgehead atoms. The van der Waals surface area contributed by atoms with Crippen LogP contribution in [0.2, 0.25) is 0 Å². The van der Waals surface area contributed by atoms with E-state index in [1.807, 2.05) is 39.8 Å². The number of hydrogen-bond acceptors (Lipinski definition) is 7. The fourth-order valence-corrected chi connectivity index (χ4v) is 3.57. The van der Waals surface area contributed by atoms with Crippen LogP contribution in [0.15, 0.2) is 45.4 Å². The summed E-state index contributed by atoms with van der Waals surface area (Å²) in [5.41, 5.74) is 0.0193. The minimum absolute atomic E-state index is 0.0414. The van der Waals surface area contributed by atoms with E-state index in [-0.39, 0.29) is 44.9 Å². The largest absolute Gasteiger partial charge is 0.503 e. The van der Waals surface area contributed by atoms with E-state index >= 15 is 0 Å². The standard InChI is InChI=1S/C22H30BrN5O5/c1-12-8-11-16(32-12)19(22(3,4)5)25-13(2)20(28(31)33-24)26-15-10-9-14(23)17(18(15)29)21(30)27(6)7/h8-11,19,25,31H,2,24H2,1,3-7H3,(H,29,30)/p+1/t19-/m0/s1. The average Bonchev–Trinajstić information content (AvgIpc) is 3.15. The molecule has 1 aromatic carbocycles. The highest BCUT2D eigenvalue weighted by Crippen LogP contribution is 2.36. The predicted octanol–water partition coefficient (Wildman–Crippen LogP) is 3.67. The molecular weight excluding hydrogens is 494 g/mol. The van der Waals surface area contributed by atoms with Crippen LogP contribution in [0.1, 0.15) is 48.7 Å². The first kappa shape index (κ1) is 26.1. The molecule has 2 rings (SSSR count). The van der Waals surface area contributed by atoms with Crippen molar-refractivity contribution in [1.29, 1.82) is 0 Å². The number of nitrogens with one attached hydrogen (secondary N) is 2. The van der Waals surface area contributed by atoms with Crippen LogP contribution >= 0.6 is 15.9 Å². The Balaban J connectivity index is 2.45. The number of carbonyl (C=O) groups excluding carboxylic acids is 1. The Morgan fingerprint density at radius 3 is 2.42 bits per heavy atom. The minimum atomic E-state index is -0.418. The Morgan fingerprint density at radius 1 is 1.30 bits per heavy atom. The fraction of sp³-hybridized carbons (Fsp3) is 0.364. The quantitative estimate of drug-likeness (QED) is 0.122. The van der Waals surface area contributed by atoms with Gasteiger partial charge in [-0.05, 0) is 52.5 Å². The summed E-state index contributed by atoms with van der Waals surface area (Å²) in [4.78, 5) is 18.6. The van der Waals surface area contributed by atoms with E-state index in [1.54, 1.807) is 20.2 Å². The van der Waals surface area contributed by atoms with E-state index < -0.39 is 5.91 Å². The zero-order valence-corrected chi connectivity index (χ0v) is 21.1. The van der Waals surface area contributed by atoms with Gasteiger partial charge in [-0.25, -0.2) is 10.3 Å². The normalized spacial score (nSPS) is 13.1. The number of benzene rings is 1. The van der Waals surface area contributed by atoms with Crippen LogP contribution in [-0.4, -0.2) is 46.0 Å². The van der Waals surface area contributed by atoms with Crippen molar-refractivity contribution in [2.75, 3.05) is 19.4 Å². The predicted molar refractivity (Wildman–Crippen MR) is 128 cm³/mol. The van der Waals surface area contributed by atoms with Crippen LogP contribution in [-0.2, 0) is 4.94 Å². The molecule has 1 atom stereocenters. The van der Waals surface area contributed by atoms with Gasteiger partial charge in [0.25, 0.3) is 5.91 Å². The Kier molecular flexibility index (Phi) is 8.04. The molecule has 0 unspecified atom stereocenters. The summed E-state index contributed by atoms with van der Waals surface area (Å²) in [7, 11) is 3.14. The van der Waals surface area contributed by atoms with Gasteiger partial charge in [0.1, 0.15) is 22.1 Å². The molecule has 0 saturated carbocycles. The zero-order valence-electron chi connectivity index (χ0n) is 19.6. The van der Waals surface area contributed by atoms with Crippen molar-refractivity contribution in [1.82, 2.24) is 10.2 Å². The van der Waals surface area contributed by atoms with Crippen LogP contribution in [0.25, 0.3) is 0 Å². The minimum Gasteiger partial charge on any atom is -0.503 e. The molecule has 0 aliphatic rings. The van der Waals surface area contributed by atoms with Gasteiger partial charge in [0.05, 0.1) is 11.6 Å². The topological polar surface area (TPSA) is 136 Å². The van der Waals surface area contributed by atoms with Crippen molar-refractivity contribution in [2.24, 2.45) is 11.3 Å². The monoisotopic (exact) mass is 524 g/mol. The summed E-state index contributed by atoms with van der Waals surface area (Å²) in [6.45, 7) is 11.9. The summed E-state index contributed by atoms with van der Waals surface area (Å²) in [5.74, 6) is 5.72. The molecule has 11 heteroatoms. The van der Waals surface area contributed by atoms with E-state index in [0.29, 0.717) is 10.2 Å². The molecule has 6 N–H and O–H groups in total. The van der Waals surface area contributed by atoms with Gasteiger partial charge in [-0.1, -0.05) is 27.4 Å². The lowest BCUT2D eigenvalue weighted by atomic mass is 9.85. The van der Waals surface area contributed by atoms with E-state index in [0.717, 1.165) is 5.76 Å². The van der Waals surface area contributed by atoms with Crippen molar-refractivity contribution in [3.8, 4) is 5.75 Å². The van der Waals surface area contributed by atoms with Crippen molar-refractivity contribution < 1.29 is 29.4 Å². The van der Waals surface area contributed by atoms with Crippen LogP contribution in [0.3, 0.4) is 0 Å². The van der Waals surface area contributed by atoms with Gasteiger partial charge in [-0.3, -0.25) is 4.79 Å². The highest BCUT2D eigenvalue weighted by molar-refractivity contribution is 9.10. The number of aromatic hydroxyl groups is 1. The number of rotatable bonds is 7. The number of phenols is 1. The zero-order chi connectivity index (χ0) is 25.1. The first-order valence-corrected chi connectivity index (χ1v) is 10.8. The number of anilines is 1. The third kappa shape index (κ3) is 5.99. The third-order valence-electron chi connectivity index (χ3n) is 4.81. The van der Waals surface area contributed by atoms with E-state index in [9.17, 15) is 15.1 Å². The number of phenolic OH excluding ortho intramolecular Hbond substituents is 1. The van der Waals surface area contributed by atoms with E-state index in [4.69, 9.17) is 10.3 Å². The van der Waals surface area contributed by atoms with Gasteiger partial charge in [-0.2, -0.15) is 0 Å². The molecule has 0 spiro atoms. The highest BCUT2D eigenvalue weighted by atomic mass is 79.9. The summed E-state index contributed by atoms with van der Waals surface area (Å²) in [6.07, 6.45) is 0. The van der Waals surface area contributed by atoms with Crippen molar-refractivity contribution >= 4 is 33.4 Å². The van der Waals surface area contributed by atoms with Crippen LogP contribution in [0.4, 0.5) is 5.69 Å². The number of carbonyl (C=O) groups is 1. The van der Waals surface area contributed by atoms with Crippen molar-refractivity contribution in [2.45, 2.75) is 33.7 Å². The number of aryl methyl sites for hydroxylation is 1. The average molecular weight is 525 g/mol. The molecule has 0 aliphatic carbocycles. The maximum atomic E-state index is 12.5. The number of amides is 1. The number of amidine groups is 1. The molecule has 0 radical (unpaired) electrons. The maximum absolute atomic E-state index is 12.5. The molecule has 10 nitrogen and oxygen atoms in total. The lowest BCUT2D eigenvalue weighted by molar-refractivity contribution is -0.964. The van der Waals surface area contributed by atoms with Gasteiger partial charge >= 0.3 is 5.84 Å². The number of furan rings is 1. The molecule has 0 aliphatic heterocycles. The summed E-state index contributed by atoms with van der Waals surface area (Å²) in [6, 6.07) is 6.47. The molecular formula is C22H31BrN5O5+. The Morgan fingerprint density at radius 2 is 1.94 bits per heavy atom. The lowest BCUT2D eigenvalue weighted by Crippen LogP contribution is -2.39. The second-order valence-corrected chi connectivity index (χ2v) is 9.59.